The summed E-state index contributed by atoms with van der Waals surface area (Å²) in [5.41, 5.74) is 2.18. The van der Waals surface area contributed by atoms with Crippen molar-refractivity contribution in [3.05, 3.63) is 54.1 Å². The highest BCUT2D eigenvalue weighted by molar-refractivity contribution is 5.99. The fraction of sp³-hybridized carbons (Fsp3) is 0.458. The Hall–Kier alpha value is -2.65. The average molecular weight is 501 g/mol. The highest BCUT2D eigenvalue weighted by atomic mass is 35.5. The Labute approximate surface area is 205 Å². The number of nitrogens with one attached hydrogen (secondary N) is 1. The molecule has 1 amide bonds. The highest BCUT2D eigenvalue weighted by Gasteiger charge is 2.29. The van der Waals surface area contributed by atoms with Gasteiger partial charge in [0.25, 0.3) is 5.91 Å². The van der Waals surface area contributed by atoms with Gasteiger partial charge in [-0.2, -0.15) is 13.2 Å². The zero-order chi connectivity index (χ0) is 23.8. The first-order chi connectivity index (χ1) is 15.7. The van der Waals surface area contributed by atoms with Gasteiger partial charge in [0, 0.05) is 52.5 Å². The minimum Gasteiger partial charge on any atom is -0.482 e. The lowest BCUT2D eigenvalue weighted by molar-refractivity contribution is -0.153. The summed E-state index contributed by atoms with van der Waals surface area (Å²) < 4.78 is 42.7. The van der Waals surface area contributed by atoms with Crippen LogP contribution in [0.5, 0.6) is 5.75 Å². The molecule has 0 aliphatic carbocycles. The molecule has 0 bridgehead atoms. The van der Waals surface area contributed by atoms with E-state index in [0.29, 0.717) is 11.3 Å². The summed E-state index contributed by atoms with van der Waals surface area (Å²) >= 11 is 0. The second-order valence-corrected chi connectivity index (χ2v) is 8.23. The number of carbonyl (C=O) groups is 1. The minimum atomic E-state index is -4.36. The molecule has 3 rings (SSSR count). The van der Waals surface area contributed by atoms with Crippen LogP contribution in [0, 0.1) is 0 Å². The van der Waals surface area contributed by atoms with Gasteiger partial charge in [0.15, 0.2) is 6.61 Å². The molecule has 0 radical (unpaired) electrons. The van der Waals surface area contributed by atoms with E-state index in [1.165, 1.54) is 0 Å². The number of hydrogen-bond donors (Lipinski definition) is 1. The number of nitrogens with zero attached hydrogens (tertiary/aromatic N) is 3. The van der Waals surface area contributed by atoms with E-state index in [0.717, 1.165) is 51.4 Å². The number of para-hydroxylation sites is 3. The number of alkyl halides is 3. The lowest BCUT2D eigenvalue weighted by atomic mass is 10.1. The maximum absolute atomic E-state index is 12.6. The van der Waals surface area contributed by atoms with Crippen LogP contribution in [0.15, 0.2) is 48.5 Å². The van der Waals surface area contributed by atoms with Crippen molar-refractivity contribution < 1.29 is 22.7 Å². The monoisotopic (exact) mass is 500 g/mol. The van der Waals surface area contributed by atoms with Crippen LogP contribution >= 0.6 is 12.4 Å². The summed E-state index contributed by atoms with van der Waals surface area (Å²) in [7, 11) is 3.47. The number of rotatable bonds is 9. The van der Waals surface area contributed by atoms with E-state index < -0.39 is 12.8 Å². The van der Waals surface area contributed by atoms with Crippen molar-refractivity contribution in [2.75, 3.05) is 70.2 Å². The van der Waals surface area contributed by atoms with Gasteiger partial charge in [0.05, 0.1) is 11.3 Å². The number of hydrogen-bond acceptors (Lipinski definition) is 5. The Morgan fingerprint density at radius 3 is 2.35 bits per heavy atom. The molecule has 0 atom stereocenters. The number of carbonyl (C=O) groups excluding carboxylic acids is 1. The third-order valence-electron chi connectivity index (χ3n) is 5.50. The van der Waals surface area contributed by atoms with Crippen molar-refractivity contribution in [3.8, 4) is 5.75 Å². The van der Waals surface area contributed by atoms with Crippen LogP contribution in [0.25, 0.3) is 0 Å². The van der Waals surface area contributed by atoms with Gasteiger partial charge >= 0.3 is 6.18 Å². The molecular formula is C24H32ClF3N4O2. The zero-order valence-electron chi connectivity index (χ0n) is 19.5. The molecule has 2 aromatic carbocycles. The maximum atomic E-state index is 12.6. The molecule has 0 aromatic heterocycles. The quantitative estimate of drug-likeness (QED) is 0.518. The smallest absolute Gasteiger partial charge is 0.422 e. The summed E-state index contributed by atoms with van der Waals surface area (Å²) in [6.07, 6.45) is -3.45. The summed E-state index contributed by atoms with van der Waals surface area (Å²) in [5.74, 6) is 0.229. The van der Waals surface area contributed by atoms with Crippen LogP contribution in [0.2, 0.25) is 0 Å². The van der Waals surface area contributed by atoms with Gasteiger partial charge in [-0.25, -0.2) is 0 Å². The Morgan fingerprint density at radius 1 is 1.03 bits per heavy atom. The Morgan fingerprint density at radius 2 is 1.68 bits per heavy atom. The van der Waals surface area contributed by atoms with Gasteiger partial charge in [-0.1, -0.05) is 24.3 Å². The molecule has 2 aromatic rings. The van der Waals surface area contributed by atoms with Crippen LogP contribution < -0.4 is 15.0 Å². The van der Waals surface area contributed by atoms with E-state index in [9.17, 15) is 18.0 Å². The van der Waals surface area contributed by atoms with Gasteiger partial charge in [-0.15, -0.1) is 12.4 Å². The standard InChI is InChI=1S/C24H31F3N4O2.ClH/c1-29(2)23(32)19-8-3-4-9-20(19)28-12-7-13-30-14-16-31(17-15-30)21-10-5-6-11-22(21)33-18-24(25,26)27;/h3-6,8-11,28H,7,12-18H2,1-2H3;1H. The second kappa shape index (κ2) is 12.7. The number of halogens is 4. The molecule has 1 aliphatic heterocycles. The summed E-state index contributed by atoms with van der Waals surface area (Å²) in [5, 5.41) is 3.36. The molecule has 0 unspecified atom stereocenters. The first-order valence-corrected chi connectivity index (χ1v) is 11.0. The van der Waals surface area contributed by atoms with Gasteiger partial charge in [-0.3, -0.25) is 9.69 Å². The van der Waals surface area contributed by atoms with Crippen molar-refractivity contribution in [1.82, 2.24) is 9.80 Å². The van der Waals surface area contributed by atoms with Gasteiger partial charge in [0.1, 0.15) is 5.75 Å². The number of piperazine rings is 1. The average Bonchev–Trinajstić information content (AvgIpc) is 2.80. The molecule has 6 nitrogen and oxygen atoms in total. The van der Waals surface area contributed by atoms with E-state index in [2.05, 4.69) is 15.1 Å². The van der Waals surface area contributed by atoms with Crippen molar-refractivity contribution in [3.63, 3.8) is 0 Å². The summed E-state index contributed by atoms with van der Waals surface area (Å²) in [6.45, 7) is 3.44. The van der Waals surface area contributed by atoms with Crippen LogP contribution in [0.4, 0.5) is 24.5 Å². The second-order valence-electron chi connectivity index (χ2n) is 8.23. The summed E-state index contributed by atoms with van der Waals surface area (Å²) in [6, 6.07) is 14.4. The predicted octanol–water partition coefficient (Wildman–Crippen LogP) is 4.38. The lowest BCUT2D eigenvalue weighted by Crippen LogP contribution is -2.47. The first kappa shape index (κ1) is 27.6. The topological polar surface area (TPSA) is 48.1 Å². The maximum Gasteiger partial charge on any atom is 0.422 e. The number of anilines is 2. The van der Waals surface area contributed by atoms with E-state index in [1.54, 1.807) is 37.2 Å². The molecule has 0 spiro atoms. The Bertz CT molecular complexity index is 919. The molecule has 1 heterocycles. The number of amides is 1. The predicted molar refractivity (Wildman–Crippen MR) is 131 cm³/mol. The van der Waals surface area contributed by atoms with Gasteiger partial charge in [0.2, 0.25) is 0 Å². The van der Waals surface area contributed by atoms with E-state index in [4.69, 9.17) is 4.74 Å². The largest absolute Gasteiger partial charge is 0.482 e. The molecule has 34 heavy (non-hydrogen) atoms. The Balaban J connectivity index is 0.00000408. The number of benzene rings is 2. The third kappa shape index (κ3) is 7.99. The van der Waals surface area contributed by atoms with Crippen molar-refractivity contribution in [2.24, 2.45) is 0 Å². The van der Waals surface area contributed by atoms with Crippen molar-refractivity contribution >= 4 is 29.7 Å². The highest BCUT2D eigenvalue weighted by Crippen LogP contribution is 2.30. The van der Waals surface area contributed by atoms with Crippen LogP contribution in [-0.2, 0) is 0 Å². The summed E-state index contributed by atoms with van der Waals surface area (Å²) in [4.78, 5) is 18.3. The fourth-order valence-corrected chi connectivity index (χ4v) is 3.80. The zero-order valence-corrected chi connectivity index (χ0v) is 20.3. The fourth-order valence-electron chi connectivity index (χ4n) is 3.80. The SMILES string of the molecule is CN(C)C(=O)c1ccccc1NCCCN1CCN(c2ccccc2OCC(F)(F)F)CC1.Cl. The van der Waals surface area contributed by atoms with Gasteiger partial charge < -0.3 is 19.9 Å². The van der Waals surface area contributed by atoms with Crippen LogP contribution in [-0.4, -0.2) is 81.9 Å². The Kier molecular flexibility index (Phi) is 10.3. The molecule has 1 fully saturated rings. The molecule has 0 saturated carbocycles. The lowest BCUT2D eigenvalue weighted by Gasteiger charge is -2.36. The molecule has 1 aliphatic rings. The molecule has 1 saturated heterocycles. The van der Waals surface area contributed by atoms with Gasteiger partial charge in [-0.05, 0) is 37.2 Å². The third-order valence-corrected chi connectivity index (χ3v) is 5.50. The van der Waals surface area contributed by atoms with Crippen molar-refractivity contribution in [1.29, 1.82) is 0 Å². The van der Waals surface area contributed by atoms with Crippen LogP contribution in [0.1, 0.15) is 16.8 Å². The van der Waals surface area contributed by atoms with Crippen LogP contribution in [0.3, 0.4) is 0 Å². The molecule has 10 heteroatoms. The molecule has 188 valence electrons. The normalized spacial score (nSPS) is 14.3. The van der Waals surface area contributed by atoms with E-state index >= 15 is 0 Å². The molecular weight excluding hydrogens is 469 g/mol. The van der Waals surface area contributed by atoms with Crippen molar-refractivity contribution in [2.45, 2.75) is 12.6 Å². The van der Waals surface area contributed by atoms with E-state index in [1.807, 2.05) is 30.3 Å². The number of ether oxygens (including phenoxy) is 1. The van der Waals surface area contributed by atoms with E-state index in [-0.39, 0.29) is 24.1 Å². The molecule has 1 N–H and O–H groups in total. The first-order valence-electron chi connectivity index (χ1n) is 11.0. The minimum absolute atomic E-state index is 0.